The lowest BCUT2D eigenvalue weighted by Crippen LogP contribution is -2.36. The molecule has 1 N–H and O–H groups in total. The first-order valence-electron chi connectivity index (χ1n) is 8.84. The van der Waals surface area contributed by atoms with Gasteiger partial charge in [0.25, 0.3) is 0 Å². The van der Waals surface area contributed by atoms with E-state index in [1.165, 1.54) is 34.4 Å². The summed E-state index contributed by atoms with van der Waals surface area (Å²) >= 11 is 0. The average Bonchev–Trinajstić information content (AvgIpc) is 2.61. The Hall–Kier alpha value is -1.80. The number of hydrogen-bond acceptors (Lipinski definition) is 2. The molecule has 2 aliphatic heterocycles. The topological polar surface area (TPSA) is 21.3 Å². The largest absolute Gasteiger partial charge is 0.378 e. The third kappa shape index (κ3) is 2.66. The number of nitrogens with one attached hydrogen (secondary N) is 1. The molecule has 3 unspecified atom stereocenters. The molecule has 1 saturated heterocycles. The van der Waals surface area contributed by atoms with E-state index in [4.69, 9.17) is 4.74 Å². The van der Waals surface area contributed by atoms with Crippen LogP contribution in [-0.2, 0) is 11.2 Å². The minimum absolute atomic E-state index is 0.234. The Morgan fingerprint density at radius 2 is 1.96 bits per heavy atom. The summed E-state index contributed by atoms with van der Waals surface area (Å²) in [5.41, 5.74) is 6.69. The van der Waals surface area contributed by atoms with Crippen LogP contribution < -0.4 is 5.32 Å². The molecule has 0 aromatic heterocycles. The number of hydrogen-bond donors (Lipinski definition) is 1. The van der Waals surface area contributed by atoms with E-state index in [1.54, 1.807) is 0 Å². The summed E-state index contributed by atoms with van der Waals surface area (Å²) < 4.78 is 6.24. The predicted octanol–water partition coefficient (Wildman–Crippen LogP) is 5.19. The number of rotatable bonds is 2. The standard InChI is InChI=1S/C21H25NO/c1-3-15-8-11-19-18(13-15)21-17(5-4-12-23-21)20(22-19)16-9-6-14(2)7-10-16/h6-11,13,17,20-22H,3-5,12H2,1-2H3. The van der Waals surface area contributed by atoms with E-state index in [1.807, 2.05) is 0 Å². The zero-order valence-corrected chi connectivity index (χ0v) is 14.0. The van der Waals surface area contributed by atoms with Crippen molar-refractivity contribution in [3.8, 4) is 0 Å². The van der Waals surface area contributed by atoms with Crippen LogP contribution in [0.3, 0.4) is 0 Å². The van der Waals surface area contributed by atoms with Crippen molar-refractivity contribution in [2.24, 2.45) is 5.92 Å². The normalized spacial score (nSPS) is 26.1. The molecule has 0 aliphatic carbocycles. The molecular formula is C21H25NO. The molecule has 0 spiro atoms. The lowest BCUT2D eigenvalue weighted by molar-refractivity contribution is -0.0381. The van der Waals surface area contributed by atoms with Crippen LogP contribution in [0.1, 0.15) is 54.2 Å². The zero-order chi connectivity index (χ0) is 15.8. The Bertz CT molecular complexity index is 691. The Balaban J connectivity index is 1.75. The second-order valence-electron chi connectivity index (χ2n) is 6.91. The molecule has 0 saturated carbocycles. The van der Waals surface area contributed by atoms with Gasteiger partial charge in [-0.1, -0.05) is 48.9 Å². The van der Waals surface area contributed by atoms with Crippen molar-refractivity contribution < 1.29 is 4.74 Å². The van der Waals surface area contributed by atoms with Gasteiger partial charge in [-0.2, -0.15) is 0 Å². The summed E-state index contributed by atoms with van der Waals surface area (Å²) in [6.07, 6.45) is 3.70. The van der Waals surface area contributed by atoms with E-state index in [2.05, 4.69) is 61.6 Å². The molecule has 0 amide bonds. The Kier molecular flexibility index (Phi) is 3.86. The molecule has 23 heavy (non-hydrogen) atoms. The monoisotopic (exact) mass is 307 g/mol. The van der Waals surface area contributed by atoms with E-state index in [0.29, 0.717) is 12.0 Å². The van der Waals surface area contributed by atoms with Crippen molar-refractivity contribution in [1.29, 1.82) is 0 Å². The maximum atomic E-state index is 6.24. The molecule has 120 valence electrons. The van der Waals surface area contributed by atoms with Crippen molar-refractivity contribution in [3.05, 3.63) is 64.7 Å². The van der Waals surface area contributed by atoms with Gasteiger partial charge in [0, 0.05) is 23.8 Å². The summed E-state index contributed by atoms with van der Waals surface area (Å²) in [4.78, 5) is 0. The van der Waals surface area contributed by atoms with E-state index >= 15 is 0 Å². The molecule has 2 aromatic rings. The number of anilines is 1. The van der Waals surface area contributed by atoms with Gasteiger partial charge in [0.05, 0.1) is 12.1 Å². The fourth-order valence-corrected chi connectivity index (χ4v) is 4.04. The van der Waals surface area contributed by atoms with Gasteiger partial charge >= 0.3 is 0 Å². The molecule has 2 aromatic carbocycles. The van der Waals surface area contributed by atoms with Gasteiger partial charge in [0.1, 0.15) is 0 Å². The van der Waals surface area contributed by atoms with Crippen molar-refractivity contribution in [2.75, 3.05) is 11.9 Å². The van der Waals surface area contributed by atoms with Crippen LogP contribution in [-0.4, -0.2) is 6.61 Å². The van der Waals surface area contributed by atoms with E-state index in [-0.39, 0.29) is 6.10 Å². The van der Waals surface area contributed by atoms with E-state index in [9.17, 15) is 0 Å². The highest BCUT2D eigenvalue weighted by Gasteiger charge is 2.39. The number of aryl methyl sites for hydroxylation is 2. The fraction of sp³-hybridized carbons (Fsp3) is 0.429. The summed E-state index contributed by atoms with van der Waals surface area (Å²) in [7, 11) is 0. The molecule has 2 heteroatoms. The van der Waals surface area contributed by atoms with Crippen LogP contribution in [0.15, 0.2) is 42.5 Å². The third-order valence-electron chi connectivity index (χ3n) is 5.37. The molecule has 2 heterocycles. The molecule has 0 radical (unpaired) electrons. The van der Waals surface area contributed by atoms with Crippen LogP contribution in [0.5, 0.6) is 0 Å². The highest BCUT2D eigenvalue weighted by atomic mass is 16.5. The van der Waals surface area contributed by atoms with Crippen LogP contribution in [0.4, 0.5) is 5.69 Å². The highest BCUT2D eigenvalue weighted by Crippen LogP contribution is 2.49. The van der Waals surface area contributed by atoms with Crippen LogP contribution >= 0.6 is 0 Å². The maximum absolute atomic E-state index is 6.24. The molecule has 0 bridgehead atoms. The molecular weight excluding hydrogens is 282 g/mol. The van der Waals surface area contributed by atoms with Crippen molar-refractivity contribution >= 4 is 5.69 Å². The lowest BCUT2D eigenvalue weighted by Gasteiger charge is -2.43. The van der Waals surface area contributed by atoms with Crippen molar-refractivity contribution in [1.82, 2.24) is 0 Å². The fourth-order valence-electron chi connectivity index (χ4n) is 4.04. The van der Waals surface area contributed by atoms with Gasteiger partial charge in [-0.3, -0.25) is 0 Å². The van der Waals surface area contributed by atoms with Crippen molar-refractivity contribution in [3.63, 3.8) is 0 Å². The number of fused-ring (bicyclic) bond motifs is 3. The second kappa shape index (κ2) is 6.01. The number of benzene rings is 2. The third-order valence-corrected chi connectivity index (χ3v) is 5.37. The first-order valence-corrected chi connectivity index (χ1v) is 8.84. The van der Waals surface area contributed by atoms with Gasteiger partial charge in [-0.15, -0.1) is 0 Å². The van der Waals surface area contributed by atoms with Crippen LogP contribution in [0, 0.1) is 12.8 Å². The summed E-state index contributed by atoms with van der Waals surface area (Å²) in [5.74, 6) is 0.520. The molecule has 1 fully saturated rings. The Labute approximate surface area is 138 Å². The first kappa shape index (κ1) is 14.8. The van der Waals surface area contributed by atoms with Gasteiger partial charge in [0.2, 0.25) is 0 Å². The predicted molar refractivity (Wildman–Crippen MR) is 94.8 cm³/mol. The van der Waals surface area contributed by atoms with Gasteiger partial charge in [-0.05, 0) is 43.4 Å². The van der Waals surface area contributed by atoms with Gasteiger partial charge in [-0.25, -0.2) is 0 Å². The van der Waals surface area contributed by atoms with Gasteiger partial charge < -0.3 is 10.1 Å². The molecule has 2 aliphatic rings. The lowest BCUT2D eigenvalue weighted by atomic mass is 9.77. The minimum Gasteiger partial charge on any atom is -0.378 e. The Morgan fingerprint density at radius 1 is 1.13 bits per heavy atom. The summed E-state index contributed by atoms with van der Waals surface area (Å²) in [6.45, 7) is 5.25. The van der Waals surface area contributed by atoms with Crippen molar-refractivity contribution in [2.45, 2.75) is 45.3 Å². The zero-order valence-electron chi connectivity index (χ0n) is 14.0. The minimum atomic E-state index is 0.234. The quantitative estimate of drug-likeness (QED) is 0.824. The molecule has 2 nitrogen and oxygen atoms in total. The molecule has 4 rings (SSSR count). The smallest absolute Gasteiger partial charge is 0.0895 e. The second-order valence-corrected chi connectivity index (χ2v) is 6.91. The molecule has 3 atom stereocenters. The van der Waals surface area contributed by atoms with E-state index < -0.39 is 0 Å². The highest BCUT2D eigenvalue weighted by molar-refractivity contribution is 5.58. The first-order chi connectivity index (χ1) is 11.3. The SMILES string of the molecule is CCc1ccc2c(c1)C1OCCCC1C(c1ccc(C)cc1)N2. The Morgan fingerprint density at radius 3 is 2.74 bits per heavy atom. The summed E-state index contributed by atoms with van der Waals surface area (Å²) in [6, 6.07) is 16.1. The van der Waals surface area contributed by atoms with Gasteiger partial charge in [0.15, 0.2) is 0 Å². The number of ether oxygens (including phenoxy) is 1. The maximum Gasteiger partial charge on any atom is 0.0895 e. The van der Waals surface area contributed by atoms with Crippen LogP contribution in [0.2, 0.25) is 0 Å². The van der Waals surface area contributed by atoms with Crippen LogP contribution in [0.25, 0.3) is 0 Å². The average molecular weight is 307 g/mol. The van der Waals surface area contributed by atoms with E-state index in [0.717, 1.165) is 19.4 Å². The summed E-state index contributed by atoms with van der Waals surface area (Å²) in [5, 5.41) is 3.80.